The van der Waals surface area contributed by atoms with Gasteiger partial charge in [-0.15, -0.1) is 24.8 Å². The Balaban J connectivity index is 0. The van der Waals surface area contributed by atoms with Crippen molar-refractivity contribution in [3.8, 4) is 0 Å². The summed E-state index contributed by atoms with van der Waals surface area (Å²) in [5.41, 5.74) is 11.0. The number of nitrogen functional groups attached to an aromatic ring is 2. The van der Waals surface area contributed by atoms with Crippen molar-refractivity contribution in [3.63, 3.8) is 0 Å². The Morgan fingerprint density at radius 2 is 1.05 bits per heavy atom. The van der Waals surface area contributed by atoms with Crippen molar-refractivity contribution in [1.29, 1.82) is 10.8 Å². The first-order valence-electron chi connectivity index (χ1n) is 5.60. The molecule has 0 atom stereocenters. The molecule has 120 valence electrons. The summed E-state index contributed by atoms with van der Waals surface area (Å²) in [6.45, 7) is 0. The van der Waals surface area contributed by atoms with Crippen molar-refractivity contribution in [3.05, 3.63) is 71.3 Å². The van der Waals surface area contributed by atoms with Crippen molar-refractivity contribution < 1.29 is 8.78 Å². The lowest BCUT2D eigenvalue weighted by Gasteiger charge is -1.95. The minimum absolute atomic E-state index is 0. The zero-order valence-corrected chi connectivity index (χ0v) is 13.0. The van der Waals surface area contributed by atoms with Gasteiger partial charge in [0.1, 0.15) is 23.3 Å². The summed E-state index contributed by atoms with van der Waals surface area (Å²) in [4.78, 5) is 0. The highest BCUT2D eigenvalue weighted by molar-refractivity contribution is 5.95. The van der Waals surface area contributed by atoms with Crippen LogP contribution in [0.2, 0.25) is 0 Å². The first-order chi connectivity index (χ1) is 9.40. The minimum atomic E-state index is -0.368. The van der Waals surface area contributed by atoms with Crippen LogP contribution < -0.4 is 11.5 Å². The Morgan fingerprint density at radius 1 is 0.727 bits per heavy atom. The Kier molecular flexibility index (Phi) is 10.6. The number of benzene rings is 2. The molecule has 0 unspecified atom stereocenters. The lowest BCUT2D eigenvalue weighted by molar-refractivity contribution is 0.627. The number of halogens is 4. The standard InChI is InChI=1S/2C7H7FN2.2ClH/c2*8-6-3-1-2-5(4-6)7(9)10;;/h2*1-4H,(H3,9,10);2*1H. The van der Waals surface area contributed by atoms with Crippen molar-refractivity contribution in [1.82, 2.24) is 0 Å². The molecule has 0 aliphatic carbocycles. The lowest BCUT2D eigenvalue weighted by atomic mass is 10.2. The molecule has 2 rings (SSSR count). The molecule has 0 radical (unpaired) electrons. The van der Waals surface area contributed by atoms with Crippen LogP contribution in [0.4, 0.5) is 8.78 Å². The largest absolute Gasteiger partial charge is 0.384 e. The third-order valence-corrected chi connectivity index (χ3v) is 2.27. The summed E-state index contributed by atoms with van der Waals surface area (Å²) >= 11 is 0. The Morgan fingerprint density at radius 3 is 1.23 bits per heavy atom. The number of hydrogen-bond acceptors (Lipinski definition) is 2. The van der Waals surface area contributed by atoms with Crippen LogP contribution in [0.3, 0.4) is 0 Å². The molecule has 0 aliphatic rings. The van der Waals surface area contributed by atoms with Crippen LogP contribution in [-0.2, 0) is 0 Å². The quantitative estimate of drug-likeness (QED) is 0.495. The van der Waals surface area contributed by atoms with E-state index in [9.17, 15) is 8.78 Å². The zero-order valence-electron chi connectivity index (χ0n) is 11.3. The second kappa shape index (κ2) is 10.5. The van der Waals surface area contributed by atoms with Gasteiger partial charge in [0, 0.05) is 11.1 Å². The lowest BCUT2D eigenvalue weighted by Crippen LogP contribution is -2.10. The maximum Gasteiger partial charge on any atom is 0.123 e. The molecule has 0 saturated heterocycles. The normalized spacial score (nSPS) is 8.45. The number of rotatable bonds is 2. The van der Waals surface area contributed by atoms with E-state index in [0.29, 0.717) is 11.1 Å². The highest BCUT2D eigenvalue weighted by Crippen LogP contribution is 2.02. The van der Waals surface area contributed by atoms with Gasteiger partial charge in [-0.05, 0) is 24.3 Å². The van der Waals surface area contributed by atoms with E-state index in [2.05, 4.69) is 0 Å². The van der Waals surface area contributed by atoms with E-state index in [-0.39, 0.29) is 48.1 Å². The van der Waals surface area contributed by atoms with Crippen LogP contribution in [0, 0.1) is 22.5 Å². The van der Waals surface area contributed by atoms with E-state index in [0.717, 1.165) is 0 Å². The topological polar surface area (TPSA) is 99.7 Å². The van der Waals surface area contributed by atoms with Gasteiger partial charge in [-0.2, -0.15) is 0 Å². The molecule has 6 N–H and O–H groups in total. The second-order valence-electron chi connectivity index (χ2n) is 3.85. The molecule has 0 aliphatic heterocycles. The van der Waals surface area contributed by atoms with Crippen molar-refractivity contribution in [2.45, 2.75) is 0 Å². The summed E-state index contributed by atoms with van der Waals surface area (Å²) in [6.07, 6.45) is 0. The van der Waals surface area contributed by atoms with Crippen LogP contribution >= 0.6 is 24.8 Å². The number of amidine groups is 2. The Hall–Kier alpha value is -2.18. The molecule has 0 heterocycles. The molecule has 0 amide bonds. The predicted molar refractivity (Wildman–Crippen MR) is 89.3 cm³/mol. The molecule has 0 fully saturated rings. The van der Waals surface area contributed by atoms with Gasteiger partial charge < -0.3 is 11.5 Å². The fourth-order valence-electron chi connectivity index (χ4n) is 1.31. The van der Waals surface area contributed by atoms with Crippen LogP contribution in [0.1, 0.15) is 11.1 Å². The van der Waals surface area contributed by atoms with Crippen LogP contribution in [0.5, 0.6) is 0 Å². The van der Waals surface area contributed by atoms with E-state index in [1.165, 1.54) is 36.4 Å². The van der Waals surface area contributed by atoms with Gasteiger partial charge in [0.05, 0.1) is 0 Å². The molecule has 0 spiro atoms. The number of nitrogens with one attached hydrogen (secondary N) is 2. The Labute approximate surface area is 139 Å². The molecule has 0 saturated carbocycles. The molecule has 22 heavy (non-hydrogen) atoms. The average Bonchev–Trinajstić information content (AvgIpc) is 2.39. The summed E-state index contributed by atoms with van der Waals surface area (Å²) in [5, 5.41) is 13.9. The summed E-state index contributed by atoms with van der Waals surface area (Å²) in [5.74, 6) is -0.959. The van der Waals surface area contributed by atoms with E-state index >= 15 is 0 Å². The van der Waals surface area contributed by atoms with E-state index < -0.39 is 0 Å². The van der Waals surface area contributed by atoms with Gasteiger partial charge in [-0.3, -0.25) is 10.8 Å². The van der Waals surface area contributed by atoms with Crippen LogP contribution in [0.15, 0.2) is 48.5 Å². The molecular weight excluding hydrogens is 333 g/mol. The highest BCUT2D eigenvalue weighted by Gasteiger charge is 1.96. The van der Waals surface area contributed by atoms with Gasteiger partial charge in [0.15, 0.2) is 0 Å². The summed E-state index contributed by atoms with van der Waals surface area (Å²) in [7, 11) is 0. The van der Waals surface area contributed by atoms with Crippen LogP contribution in [0.25, 0.3) is 0 Å². The molecular formula is C14H16Cl2F2N4. The molecule has 4 nitrogen and oxygen atoms in total. The van der Waals surface area contributed by atoms with E-state index in [4.69, 9.17) is 22.3 Å². The van der Waals surface area contributed by atoms with Gasteiger partial charge in [0.25, 0.3) is 0 Å². The fraction of sp³-hybridized carbons (Fsp3) is 0. The van der Waals surface area contributed by atoms with Crippen molar-refractivity contribution in [2.75, 3.05) is 0 Å². The third-order valence-electron chi connectivity index (χ3n) is 2.27. The summed E-state index contributed by atoms with van der Waals surface area (Å²) in [6, 6.07) is 11.3. The Bertz CT molecular complexity index is 580. The van der Waals surface area contributed by atoms with Gasteiger partial charge in [0.2, 0.25) is 0 Å². The first-order valence-corrected chi connectivity index (χ1v) is 5.60. The maximum atomic E-state index is 12.4. The summed E-state index contributed by atoms with van der Waals surface area (Å²) < 4.78 is 24.8. The smallest absolute Gasteiger partial charge is 0.123 e. The molecule has 0 aromatic heterocycles. The van der Waals surface area contributed by atoms with E-state index in [1.807, 2.05) is 0 Å². The minimum Gasteiger partial charge on any atom is -0.384 e. The van der Waals surface area contributed by atoms with Gasteiger partial charge >= 0.3 is 0 Å². The highest BCUT2D eigenvalue weighted by atomic mass is 35.5. The predicted octanol–water partition coefficient (Wildman–Crippen LogP) is 3.06. The fourth-order valence-corrected chi connectivity index (χ4v) is 1.31. The maximum absolute atomic E-state index is 12.4. The van der Waals surface area contributed by atoms with Gasteiger partial charge in [-0.25, -0.2) is 8.78 Å². The van der Waals surface area contributed by atoms with Crippen molar-refractivity contribution >= 4 is 36.5 Å². The molecule has 8 heteroatoms. The number of nitrogens with two attached hydrogens (primary N) is 2. The molecule has 0 bridgehead atoms. The monoisotopic (exact) mass is 348 g/mol. The SMILES string of the molecule is Cl.Cl.N=C(N)c1cccc(F)c1.N=C(N)c1cccc(F)c1. The van der Waals surface area contributed by atoms with Crippen LogP contribution in [-0.4, -0.2) is 11.7 Å². The molecule has 2 aromatic rings. The second-order valence-corrected chi connectivity index (χ2v) is 3.85. The zero-order chi connectivity index (χ0) is 15.1. The van der Waals surface area contributed by atoms with Crippen molar-refractivity contribution in [2.24, 2.45) is 11.5 Å². The van der Waals surface area contributed by atoms with E-state index in [1.54, 1.807) is 12.1 Å². The molecule has 2 aromatic carbocycles. The van der Waals surface area contributed by atoms with Gasteiger partial charge in [-0.1, -0.05) is 24.3 Å². The average molecular weight is 349 g/mol. The third kappa shape index (κ3) is 7.56. The first kappa shape index (κ1) is 22.1. The number of hydrogen-bond donors (Lipinski definition) is 4.